The molecule has 90 valence electrons. The maximum Gasteiger partial charge on any atom is 0.219 e. The number of nitrogens with one attached hydrogen (secondary N) is 1. The Morgan fingerprint density at radius 3 is 2.88 bits per heavy atom. The van der Waals surface area contributed by atoms with E-state index < -0.39 is 11.7 Å². The molecule has 1 aromatic rings. The Labute approximate surface area is 107 Å². The van der Waals surface area contributed by atoms with Crippen LogP contribution < -0.4 is 11.1 Å². The summed E-state index contributed by atoms with van der Waals surface area (Å²) >= 11 is 3.00. The molecule has 1 amide bonds. The number of carbonyl (C=O) groups is 1. The van der Waals surface area contributed by atoms with Gasteiger partial charge in [0.2, 0.25) is 5.91 Å². The molecule has 0 spiro atoms. The van der Waals surface area contributed by atoms with Gasteiger partial charge in [0.1, 0.15) is 6.07 Å². The molecule has 17 heavy (non-hydrogen) atoms. The van der Waals surface area contributed by atoms with Gasteiger partial charge in [0, 0.05) is 12.5 Å². The standard InChI is InChI=1S/C11H11BrFN3O/c1-6(4-9(15)17)16-8-3-2-7(5-14)10(12)11(8)13/h2-3,6,16H,4H2,1H3,(H2,15,17). The van der Waals surface area contributed by atoms with Gasteiger partial charge in [0.25, 0.3) is 0 Å². The number of nitriles is 1. The summed E-state index contributed by atoms with van der Waals surface area (Å²) in [6.07, 6.45) is 0.108. The average Bonchev–Trinajstić information content (AvgIpc) is 2.24. The lowest BCUT2D eigenvalue weighted by molar-refractivity contribution is -0.118. The fraction of sp³-hybridized carbons (Fsp3) is 0.273. The first kappa shape index (κ1) is 13.5. The maximum atomic E-state index is 13.8. The van der Waals surface area contributed by atoms with Crippen LogP contribution in [-0.4, -0.2) is 11.9 Å². The van der Waals surface area contributed by atoms with Crippen molar-refractivity contribution in [3.05, 3.63) is 28.0 Å². The number of anilines is 1. The van der Waals surface area contributed by atoms with Crippen molar-refractivity contribution >= 4 is 27.5 Å². The van der Waals surface area contributed by atoms with Gasteiger partial charge in [-0.25, -0.2) is 4.39 Å². The Hall–Kier alpha value is -1.61. The van der Waals surface area contributed by atoms with Crippen LogP contribution in [-0.2, 0) is 4.79 Å². The molecule has 0 bridgehead atoms. The van der Waals surface area contributed by atoms with Crippen molar-refractivity contribution < 1.29 is 9.18 Å². The van der Waals surface area contributed by atoms with Gasteiger partial charge < -0.3 is 11.1 Å². The molecule has 1 unspecified atom stereocenters. The van der Waals surface area contributed by atoms with Crippen molar-refractivity contribution in [1.29, 1.82) is 5.26 Å². The summed E-state index contributed by atoms with van der Waals surface area (Å²) in [6.45, 7) is 1.72. The molecule has 0 radical (unpaired) electrons. The minimum atomic E-state index is -0.555. The number of nitrogens with two attached hydrogens (primary N) is 1. The smallest absolute Gasteiger partial charge is 0.219 e. The van der Waals surface area contributed by atoms with Gasteiger partial charge in [-0.15, -0.1) is 0 Å². The number of hydrogen-bond donors (Lipinski definition) is 2. The monoisotopic (exact) mass is 299 g/mol. The van der Waals surface area contributed by atoms with Gasteiger partial charge in [0.15, 0.2) is 5.82 Å². The predicted octanol–water partition coefficient (Wildman–Crippen LogP) is 2.14. The number of carbonyl (C=O) groups excluding carboxylic acids is 1. The van der Waals surface area contributed by atoms with E-state index in [1.54, 1.807) is 6.92 Å². The highest BCUT2D eigenvalue weighted by Gasteiger charge is 2.13. The van der Waals surface area contributed by atoms with Crippen LogP contribution in [0.2, 0.25) is 0 Å². The van der Waals surface area contributed by atoms with Gasteiger partial charge in [-0.2, -0.15) is 5.26 Å². The third-order valence-corrected chi connectivity index (χ3v) is 2.89. The van der Waals surface area contributed by atoms with E-state index in [0.717, 1.165) is 0 Å². The van der Waals surface area contributed by atoms with Gasteiger partial charge in [-0.3, -0.25) is 4.79 Å². The van der Waals surface area contributed by atoms with Crippen molar-refractivity contribution in [3.8, 4) is 6.07 Å². The van der Waals surface area contributed by atoms with Crippen LogP contribution in [0.4, 0.5) is 10.1 Å². The van der Waals surface area contributed by atoms with Crippen LogP contribution in [0.1, 0.15) is 18.9 Å². The van der Waals surface area contributed by atoms with E-state index in [9.17, 15) is 9.18 Å². The molecule has 0 aromatic heterocycles. The van der Waals surface area contributed by atoms with Crippen LogP contribution >= 0.6 is 15.9 Å². The maximum absolute atomic E-state index is 13.8. The summed E-state index contributed by atoms with van der Waals surface area (Å²) in [5.74, 6) is -1.02. The molecule has 4 nitrogen and oxygen atoms in total. The molecule has 0 saturated heterocycles. The molecule has 0 aliphatic heterocycles. The summed E-state index contributed by atoms with van der Waals surface area (Å²) < 4.78 is 13.9. The second-order valence-corrected chi connectivity index (χ2v) is 4.41. The van der Waals surface area contributed by atoms with E-state index in [-0.39, 0.29) is 28.2 Å². The van der Waals surface area contributed by atoms with E-state index in [1.165, 1.54) is 12.1 Å². The number of amides is 1. The van der Waals surface area contributed by atoms with Crippen LogP contribution in [0.15, 0.2) is 16.6 Å². The van der Waals surface area contributed by atoms with E-state index in [4.69, 9.17) is 11.0 Å². The van der Waals surface area contributed by atoms with Crippen LogP contribution in [0.5, 0.6) is 0 Å². The molecule has 1 rings (SSSR count). The summed E-state index contributed by atoms with van der Waals surface area (Å²) in [4.78, 5) is 10.7. The van der Waals surface area contributed by atoms with Crippen LogP contribution in [0.25, 0.3) is 0 Å². The third-order valence-electron chi connectivity index (χ3n) is 2.11. The van der Waals surface area contributed by atoms with Crippen molar-refractivity contribution in [3.63, 3.8) is 0 Å². The molecule has 0 aliphatic rings. The molecular formula is C11H11BrFN3O. The summed E-state index contributed by atoms with van der Waals surface area (Å²) in [5, 5.41) is 11.5. The van der Waals surface area contributed by atoms with E-state index >= 15 is 0 Å². The highest BCUT2D eigenvalue weighted by Crippen LogP contribution is 2.27. The minimum Gasteiger partial charge on any atom is -0.380 e. The fourth-order valence-electron chi connectivity index (χ4n) is 1.37. The van der Waals surface area contributed by atoms with Crippen molar-refractivity contribution in [2.24, 2.45) is 5.73 Å². The van der Waals surface area contributed by atoms with Crippen molar-refractivity contribution in [2.75, 3.05) is 5.32 Å². The van der Waals surface area contributed by atoms with Crippen LogP contribution in [0, 0.1) is 17.1 Å². The average molecular weight is 300 g/mol. The van der Waals surface area contributed by atoms with E-state index in [2.05, 4.69) is 21.2 Å². The topological polar surface area (TPSA) is 78.9 Å². The quantitative estimate of drug-likeness (QED) is 0.894. The highest BCUT2D eigenvalue weighted by atomic mass is 79.9. The molecule has 1 atom stereocenters. The number of nitrogens with zero attached hydrogens (tertiary/aromatic N) is 1. The Morgan fingerprint density at radius 1 is 1.71 bits per heavy atom. The first-order chi connectivity index (χ1) is 7.95. The second-order valence-electron chi connectivity index (χ2n) is 3.62. The van der Waals surface area contributed by atoms with Crippen molar-refractivity contribution in [1.82, 2.24) is 0 Å². The molecular weight excluding hydrogens is 289 g/mol. The van der Waals surface area contributed by atoms with E-state index in [0.29, 0.717) is 0 Å². The summed E-state index contributed by atoms with van der Waals surface area (Å²) in [6, 6.07) is 4.53. The first-order valence-electron chi connectivity index (χ1n) is 4.88. The number of rotatable bonds is 4. The molecule has 0 fully saturated rings. The fourth-order valence-corrected chi connectivity index (χ4v) is 1.80. The zero-order valence-electron chi connectivity index (χ0n) is 9.13. The van der Waals surface area contributed by atoms with Gasteiger partial charge >= 0.3 is 0 Å². The minimum absolute atomic E-state index is 0.108. The number of halogens is 2. The largest absolute Gasteiger partial charge is 0.380 e. The molecule has 1 aromatic carbocycles. The third kappa shape index (κ3) is 3.43. The SMILES string of the molecule is CC(CC(N)=O)Nc1ccc(C#N)c(Br)c1F. The Morgan fingerprint density at radius 2 is 2.35 bits per heavy atom. The molecule has 3 N–H and O–H groups in total. The normalized spacial score (nSPS) is 11.6. The summed E-state index contributed by atoms with van der Waals surface area (Å²) in [5.41, 5.74) is 5.48. The number of benzene rings is 1. The lowest BCUT2D eigenvalue weighted by Crippen LogP contribution is -2.24. The van der Waals surface area contributed by atoms with Crippen LogP contribution in [0.3, 0.4) is 0 Å². The van der Waals surface area contributed by atoms with Gasteiger partial charge in [-0.1, -0.05) is 0 Å². The van der Waals surface area contributed by atoms with Gasteiger partial charge in [0.05, 0.1) is 15.7 Å². The number of hydrogen-bond acceptors (Lipinski definition) is 3. The summed E-state index contributed by atoms with van der Waals surface area (Å²) in [7, 11) is 0. The zero-order valence-corrected chi connectivity index (χ0v) is 10.7. The molecule has 6 heteroatoms. The second kappa shape index (κ2) is 5.64. The Balaban J connectivity index is 2.90. The molecule has 0 saturated carbocycles. The first-order valence-corrected chi connectivity index (χ1v) is 5.68. The Kier molecular flexibility index (Phi) is 4.46. The lowest BCUT2D eigenvalue weighted by Gasteiger charge is -2.15. The molecule has 0 aliphatic carbocycles. The highest BCUT2D eigenvalue weighted by molar-refractivity contribution is 9.10. The van der Waals surface area contributed by atoms with E-state index in [1.807, 2.05) is 6.07 Å². The number of primary amides is 1. The Bertz CT molecular complexity index is 484. The van der Waals surface area contributed by atoms with Crippen molar-refractivity contribution in [2.45, 2.75) is 19.4 Å². The molecule has 0 heterocycles. The lowest BCUT2D eigenvalue weighted by atomic mass is 10.1. The predicted molar refractivity (Wildman–Crippen MR) is 65.7 cm³/mol. The van der Waals surface area contributed by atoms with Gasteiger partial charge in [-0.05, 0) is 35.0 Å². The zero-order chi connectivity index (χ0) is 13.0.